The minimum absolute atomic E-state index is 0.181. The maximum Gasteiger partial charge on any atom is 0.234 e. The lowest BCUT2D eigenvalue weighted by molar-refractivity contribution is -0.120. The summed E-state index contributed by atoms with van der Waals surface area (Å²) in [5.41, 5.74) is 0.779. The molecule has 2 aromatic carbocycles. The Hall–Kier alpha value is -3.40. The molecule has 0 aliphatic carbocycles. The van der Waals surface area contributed by atoms with Gasteiger partial charge in [-0.25, -0.2) is 0 Å². The Labute approximate surface area is 164 Å². The Morgan fingerprint density at radius 3 is 2.36 bits per heavy atom. The van der Waals surface area contributed by atoms with Crippen LogP contribution >= 0.6 is 0 Å². The van der Waals surface area contributed by atoms with E-state index in [1.807, 2.05) is 43.3 Å². The van der Waals surface area contributed by atoms with Gasteiger partial charge in [0.25, 0.3) is 0 Å². The highest BCUT2D eigenvalue weighted by Gasteiger charge is 2.09. The van der Waals surface area contributed by atoms with E-state index in [1.165, 1.54) is 0 Å². The average molecular weight is 384 g/mol. The van der Waals surface area contributed by atoms with Crippen LogP contribution in [0.25, 0.3) is 0 Å². The molecule has 0 heterocycles. The van der Waals surface area contributed by atoms with E-state index in [1.54, 1.807) is 19.2 Å². The fourth-order valence-corrected chi connectivity index (χ4v) is 2.42. The minimum atomic E-state index is -0.333. The van der Waals surface area contributed by atoms with Crippen LogP contribution < -0.4 is 24.3 Å². The van der Waals surface area contributed by atoms with Crippen molar-refractivity contribution in [2.24, 2.45) is 0 Å². The summed E-state index contributed by atoms with van der Waals surface area (Å²) in [5.74, 6) is 2.23. The fraction of sp³-hybridized carbons (Fsp3) is 0.333. The lowest BCUT2D eigenvalue weighted by atomic mass is 10.2. The van der Waals surface area contributed by atoms with Gasteiger partial charge in [0.05, 0.1) is 19.8 Å². The third kappa shape index (κ3) is 6.40. The molecule has 0 unspecified atom stereocenters. The maximum absolute atomic E-state index is 11.5. The lowest BCUT2D eigenvalue weighted by Crippen LogP contribution is -2.22. The van der Waals surface area contributed by atoms with Gasteiger partial charge in [0.15, 0.2) is 11.5 Å². The number of nitrogens with zero attached hydrogens (tertiary/aromatic N) is 1. The van der Waals surface area contributed by atoms with Gasteiger partial charge in [0, 0.05) is 18.2 Å². The smallest absolute Gasteiger partial charge is 0.234 e. The standard InChI is InChI=1S/C21H24N2O5/c1-3-26-18-6-4-5-7-19(18)27-12-13-28-20-14-17(25-2)9-8-16(20)15-23-21(24)10-11-22/h4-9,14H,3,10,12-13,15H2,1-2H3,(H,23,24). The summed E-state index contributed by atoms with van der Waals surface area (Å²) in [7, 11) is 1.57. The second-order valence-corrected chi connectivity index (χ2v) is 5.66. The number of nitriles is 1. The number of hydrogen-bond acceptors (Lipinski definition) is 6. The SMILES string of the molecule is CCOc1ccccc1OCCOc1cc(OC)ccc1CNC(=O)CC#N. The molecule has 0 radical (unpaired) electrons. The molecule has 7 nitrogen and oxygen atoms in total. The first-order chi connectivity index (χ1) is 13.7. The number of nitrogens with one attached hydrogen (secondary N) is 1. The summed E-state index contributed by atoms with van der Waals surface area (Å²) in [6.07, 6.45) is -0.181. The van der Waals surface area contributed by atoms with E-state index in [0.717, 1.165) is 5.56 Å². The van der Waals surface area contributed by atoms with Crippen LogP contribution in [0.2, 0.25) is 0 Å². The fourth-order valence-electron chi connectivity index (χ4n) is 2.42. The second-order valence-electron chi connectivity index (χ2n) is 5.66. The Bertz CT molecular complexity index is 817. The van der Waals surface area contributed by atoms with Crippen molar-refractivity contribution < 1.29 is 23.7 Å². The quantitative estimate of drug-likeness (QED) is 0.599. The van der Waals surface area contributed by atoms with Crippen LogP contribution in [0.1, 0.15) is 18.9 Å². The molecule has 2 rings (SSSR count). The van der Waals surface area contributed by atoms with Gasteiger partial charge in [0.1, 0.15) is 31.1 Å². The molecule has 7 heteroatoms. The van der Waals surface area contributed by atoms with Gasteiger partial charge in [-0.2, -0.15) is 5.26 Å². The summed E-state index contributed by atoms with van der Waals surface area (Å²) in [5, 5.41) is 11.3. The molecule has 0 atom stereocenters. The van der Waals surface area contributed by atoms with Gasteiger partial charge in [-0.1, -0.05) is 12.1 Å². The van der Waals surface area contributed by atoms with Crippen molar-refractivity contribution in [3.63, 3.8) is 0 Å². The molecule has 0 bridgehead atoms. The van der Waals surface area contributed by atoms with Gasteiger partial charge in [-0.05, 0) is 31.2 Å². The van der Waals surface area contributed by atoms with Crippen molar-refractivity contribution in [2.75, 3.05) is 26.9 Å². The lowest BCUT2D eigenvalue weighted by Gasteiger charge is -2.15. The van der Waals surface area contributed by atoms with Crippen LogP contribution in [0.3, 0.4) is 0 Å². The van der Waals surface area contributed by atoms with E-state index >= 15 is 0 Å². The highest BCUT2D eigenvalue weighted by atomic mass is 16.5. The van der Waals surface area contributed by atoms with Gasteiger partial charge in [0.2, 0.25) is 5.91 Å². The average Bonchev–Trinajstić information content (AvgIpc) is 2.71. The third-order valence-corrected chi connectivity index (χ3v) is 3.74. The number of methoxy groups -OCH3 is 1. The zero-order valence-electron chi connectivity index (χ0n) is 16.1. The van der Waals surface area contributed by atoms with Crippen molar-refractivity contribution in [2.45, 2.75) is 19.9 Å². The molecule has 0 fully saturated rings. The first-order valence-corrected chi connectivity index (χ1v) is 8.96. The monoisotopic (exact) mass is 384 g/mol. The van der Waals surface area contributed by atoms with Crippen molar-refractivity contribution in [3.8, 4) is 29.1 Å². The van der Waals surface area contributed by atoms with Crippen LogP contribution in [0.5, 0.6) is 23.0 Å². The molecule has 1 N–H and O–H groups in total. The van der Waals surface area contributed by atoms with E-state index in [4.69, 9.17) is 24.2 Å². The summed E-state index contributed by atoms with van der Waals surface area (Å²) in [6.45, 7) is 3.35. The molecule has 2 aromatic rings. The highest BCUT2D eigenvalue weighted by molar-refractivity contribution is 5.78. The first-order valence-electron chi connectivity index (χ1n) is 8.96. The van der Waals surface area contributed by atoms with Gasteiger partial charge in [-0.15, -0.1) is 0 Å². The summed E-state index contributed by atoms with van der Waals surface area (Å²) in [6, 6.07) is 14.6. The molecule has 0 aromatic heterocycles. The normalized spacial score (nSPS) is 9.89. The molecule has 1 amide bonds. The van der Waals surface area contributed by atoms with Crippen LogP contribution in [-0.4, -0.2) is 32.8 Å². The highest BCUT2D eigenvalue weighted by Crippen LogP contribution is 2.27. The van der Waals surface area contributed by atoms with Gasteiger partial charge >= 0.3 is 0 Å². The number of para-hydroxylation sites is 2. The number of ether oxygens (including phenoxy) is 4. The summed E-state index contributed by atoms with van der Waals surface area (Å²) >= 11 is 0. The Kier molecular flexibility index (Phi) is 8.47. The number of rotatable bonds is 11. The number of carbonyl (C=O) groups is 1. The van der Waals surface area contributed by atoms with E-state index in [-0.39, 0.29) is 18.9 Å². The zero-order valence-corrected chi connectivity index (χ0v) is 16.1. The summed E-state index contributed by atoms with van der Waals surface area (Å²) < 4.78 is 22.3. The van der Waals surface area contributed by atoms with E-state index in [0.29, 0.717) is 42.8 Å². The zero-order chi connectivity index (χ0) is 20.2. The van der Waals surface area contributed by atoms with Gasteiger partial charge in [-0.3, -0.25) is 4.79 Å². The molecule has 0 aliphatic rings. The van der Waals surface area contributed by atoms with E-state index < -0.39 is 0 Å². The second kappa shape index (κ2) is 11.3. The predicted octanol–water partition coefficient (Wildman–Crippen LogP) is 3.08. The topological polar surface area (TPSA) is 89.8 Å². The summed E-state index contributed by atoms with van der Waals surface area (Å²) in [4.78, 5) is 11.5. The van der Waals surface area contributed by atoms with Crippen LogP contribution in [0.4, 0.5) is 0 Å². The van der Waals surface area contributed by atoms with Gasteiger partial charge < -0.3 is 24.3 Å². The first kappa shape index (κ1) is 20.9. The van der Waals surface area contributed by atoms with Crippen molar-refractivity contribution in [3.05, 3.63) is 48.0 Å². The largest absolute Gasteiger partial charge is 0.497 e. The third-order valence-electron chi connectivity index (χ3n) is 3.74. The molecule has 148 valence electrons. The predicted molar refractivity (Wildman–Crippen MR) is 104 cm³/mol. The Morgan fingerprint density at radius 1 is 1.04 bits per heavy atom. The number of hydrogen-bond donors (Lipinski definition) is 1. The maximum atomic E-state index is 11.5. The number of benzene rings is 2. The van der Waals surface area contributed by atoms with Crippen LogP contribution in [0, 0.1) is 11.3 Å². The molecule has 0 saturated heterocycles. The number of carbonyl (C=O) groups excluding carboxylic acids is 1. The van der Waals surface area contributed by atoms with Crippen molar-refractivity contribution in [1.82, 2.24) is 5.32 Å². The Morgan fingerprint density at radius 2 is 1.71 bits per heavy atom. The molecule has 0 aliphatic heterocycles. The van der Waals surface area contributed by atoms with Crippen molar-refractivity contribution in [1.29, 1.82) is 5.26 Å². The van der Waals surface area contributed by atoms with Crippen molar-refractivity contribution >= 4 is 5.91 Å². The van der Waals surface area contributed by atoms with E-state index in [9.17, 15) is 4.79 Å². The molecule has 0 spiro atoms. The molecule has 0 saturated carbocycles. The van der Waals surface area contributed by atoms with E-state index in [2.05, 4.69) is 5.32 Å². The molecule has 28 heavy (non-hydrogen) atoms. The van der Waals surface area contributed by atoms with Crippen LogP contribution in [-0.2, 0) is 11.3 Å². The number of amides is 1. The molecular formula is C21H24N2O5. The Balaban J connectivity index is 1.95. The minimum Gasteiger partial charge on any atom is -0.497 e. The van der Waals surface area contributed by atoms with Crippen LogP contribution in [0.15, 0.2) is 42.5 Å². The molecular weight excluding hydrogens is 360 g/mol.